The summed E-state index contributed by atoms with van der Waals surface area (Å²) in [5.41, 5.74) is -1.10. The molecule has 0 bridgehead atoms. The van der Waals surface area contributed by atoms with Gasteiger partial charge < -0.3 is 5.11 Å². The van der Waals surface area contributed by atoms with Gasteiger partial charge in [0.05, 0.1) is 6.07 Å². The summed E-state index contributed by atoms with van der Waals surface area (Å²) in [6.45, 7) is 4.33. The summed E-state index contributed by atoms with van der Waals surface area (Å²) in [7, 11) is 0. The summed E-state index contributed by atoms with van der Waals surface area (Å²) >= 11 is 0. The Morgan fingerprint density at radius 1 is 1.91 bits per heavy atom. The number of hydrogen-bond acceptors (Lipinski definition) is 3. The van der Waals surface area contributed by atoms with Gasteiger partial charge in [-0.05, 0) is 13.3 Å². The van der Waals surface area contributed by atoms with Crippen LogP contribution in [0.25, 0.3) is 0 Å². The summed E-state index contributed by atoms with van der Waals surface area (Å²) in [5, 5.41) is 17.1. The second kappa shape index (κ2) is 3.89. The van der Waals surface area contributed by atoms with Crippen molar-refractivity contribution in [3.63, 3.8) is 0 Å². The molecule has 60 valence electrons. The number of nitriles is 1. The lowest BCUT2D eigenvalue weighted by molar-refractivity contribution is -0.128. The van der Waals surface area contributed by atoms with E-state index in [1.165, 1.54) is 13.0 Å². The Balaban J connectivity index is 4.48. The number of rotatable bonds is 4. The minimum atomic E-state index is -1.10. The Bertz CT molecular complexity index is 205. The smallest absolute Gasteiger partial charge is 0.178 e. The Kier molecular flexibility index (Phi) is 3.49. The van der Waals surface area contributed by atoms with Gasteiger partial charge in [-0.3, -0.25) is 4.79 Å². The molecule has 0 saturated carbocycles. The third kappa shape index (κ3) is 2.17. The molecule has 0 amide bonds. The molecule has 0 aromatic heterocycles. The molecule has 1 N–H and O–H groups in total. The molecule has 0 aliphatic rings. The van der Waals surface area contributed by atoms with Crippen LogP contribution < -0.4 is 0 Å². The number of hydrogen-bond donors (Lipinski definition) is 1. The SMILES string of the molecule is C=CCC(C)(C#N)C(=O)CO. The zero-order valence-corrected chi connectivity index (χ0v) is 6.50. The molecule has 1 unspecified atom stereocenters. The monoisotopic (exact) mass is 153 g/mol. The lowest BCUT2D eigenvalue weighted by Gasteiger charge is -2.15. The molecule has 0 spiro atoms. The van der Waals surface area contributed by atoms with Crippen molar-refractivity contribution in [1.82, 2.24) is 0 Å². The molecule has 0 aliphatic carbocycles. The maximum absolute atomic E-state index is 10.9. The largest absolute Gasteiger partial charge is 0.389 e. The average Bonchev–Trinajstić information content (AvgIpc) is 2.03. The van der Waals surface area contributed by atoms with Crippen LogP contribution in [0.1, 0.15) is 13.3 Å². The van der Waals surface area contributed by atoms with Crippen molar-refractivity contribution in [2.45, 2.75) is 13.3 Å². The van der Waals surface area contributed by atoms with Gasteiger partial charge in [-0.25, -0.2) is 0 Å². The van der Waals surface area contributed by atoms with Crippen LogP contribution in [-0.4, -0.2) is 17.5 Å². The van der Waals surface area contributed by atoms with E-state index in [1.54, 1.807) is 0 Å². The van der Waals surface area contributed by atoms with Crippen LogP contribution in [0.15, 0.2) is 12.7 Å². The minimum Gasteiger partial charge on any atom is -0.389 e. The predicted octanol–water partition coefficient (Wildman–Crippen LogP) is 0.654. The number of allylic oxidation sites excluding steroid dienone is 1. The van der Waals surface area contributed by atoms with Gasteiger partial charge in [0, 0.05) is 0 Å². The first kappa shape index (κ1) is 9.86. The first-order valence-electron chi connectivity index (χ1n) is 3.27. The number of aliphatic hydroxyl groups excluding tert-OH is 1. The Morgan fingerprint density at radius 3 is 2.73 bits per heavy atom. The van der Waals surface area contributed by atoms with Crippen molar-refractivity contribution < 1.29 is 9.90 Å². The standard InChI is InChI=1S/C8H11NO2/c1-3-4-8(2,6-9)7(11)5-10/h3,10H,1,4-5H2,2H3. The van der Waals surface area contributed by atoms with E-state index in [0.29, 0.717) is 0 Å². The fourth-order valence-corrected chi connectivity index (χ4v) is 0.685. The number of carbonyl (C=O) groups excluding carboxylic acids is 1. The molecule has 11 heavy (non-hydrogen) atoms. The van der Waals surface area contributed by atoms with Gasteiger partial charge in [-0.1, -0.05) is 6.08 Å². The Morgan fingerprint density at radius 2 is 2.45 bits per heavy atom. The first-order valence-corrected chi connectivity index (χ1v) is 3.27. The molecule has 0 aliphatic heterocycles. The minimum absolute atomic E-state index is 0.281. The number of Topliss-reactive ketones (excluding diaryl/α,β-unsaturated/α-hetero) is 1. The van der Waals surface area contributed by atoms with Crippen molar-refractivity contribution in [2.24, 2.45) is 5.41 Å². The van der Waals surface area contributed by atoms with E-state index in [9.17, 15) is 4.79 Å². The first-order chi connectivity index (χ1) is 5.10. The average molecular weight is 153 g/mol. The highest BCUT2D eigenvalue weighted by atomic mass is 16.3. The quantitative estimate of drug-likeness (QED) is 0.603. The van der Waals surface area contributed by atoms with E-state index in [0.717, 1.165) is 0 Å². The van der Waals surface area contributed by atoms with Gasteiger partial charge in [0.2, 0.25) is 0 Å². The Hall–Kier alpha value is -1.14. The van der Waals surface area contributed by atoms with Crippen molar-refractivity contribution in [3.8, 4) is 6.07 Å². The highest BCUT2D eigenvalue weighted by Crippen LogP contribution is 2.21. The summed E-state index contributed by atoms with van der Waals surface area (Å²) < 4.78 is 0. The molecule has 3 nitrogen and oxygen atoms in total. The molecule has 0 aromatic rings. The van der Waals surface area contributed by atoms with E-state index in [2.05, 4.69) is 6.58 Å². The van der Waals surface area contributed by atoms with Gasteiger partial charge in [-0.15, -0.1) is 6.58 Å². The molecular formula is C8H11NO2. The summed E-state index contributed by atoms with van der Waals surface area (Å²) in [6.07, 6.45) is 1.78. The maximum atomic E-state index is 10.9. The lowest BCUT2D eigenvalue weighted by Crippen LogP contribution is -2.28. The summed E-state index contributed by atoms with van der Waals surface area (Å²) in [4.78, 5) is 10.9. The maximum Gasteiger partial charge on any atom is 0.178 e. The second-order valence-corrected chi connectivity index (χ2v) is 2.52. The Labute approximate surface area is 66.0 Å². The zero-order chi connectivity index (χ0) is 8.91. The van der Waals surface area contributed by atoms with Crippen LogP contribution in [-0.2, 0) is 4.79 Å². The van der Waals surface area contributed by atoms with Gasteiger partial charge in [0.25, 0.3) is 0 Å². The molecule has 3 heteroatoms. The van der Waals surface area contributed by atoms with Crippen LogP contribution in [0.3, 0.4) is 0 Å². The molecule has 0 radical (unpaired) electrons. The summed E-state index contributed by atoms with van der Waals surface area (Å²) in [6, 6.07) is 1.85. The van der Waals surface area contributed by atoms with E-state index in [-0.39, 0.29) is 6.42 Å². The van der Waals surface area contributed by atoms with E-state index in [4.69, 9.17) is 10.4 Å². The zero-order valence-electron chi connectivity index (χ0n) is 6.50. The van der Waals surface area contributed by atoms with E-state index < -0.39 is 17.8 Å². The van der Waals surface area contributed by atoms with Crippen molar-refractivity contribution in [1.29, 1.82) is 5.26 Å². The molecule has 0 heterocycles. The number of aliphatic hydroxyl groups is 1. The highest BCUT2D eigenvalue weighted by Gasteiger charge is 2.30. The molecule has 1 atom stereocenters. The third-order valence-corrected chi connectivity index (χ3v) is 1.56. The molecule has 0 fully saturated rings. The molecule has 0 aromatic carbocycles. The van der Waals surface area contributed by atoms with E-state index >= 15 is 0 Å². The van der Waals surface area contributed by atoms with Crippen LogP contribution in [0.4, 0.5) is 0 Å². The predicted molar refractivity (Wildman–Crippen MR) is 40.6 cm³/mol. The van der Waals surface area contributed by atoms with Crippen molar-refractivity contribution in [2.75, 3.05) is 6.61 Å². The number of nitrogens with zero attached hydrogens (tertiary/aromatic N) is 1. The van der Waals surface area contributed by atoms with Crippen molar-refractivity contribution in [3.05, 3.63) is 12.7 Å². The fourth-order valence-electron chi connectivity index (χ4n) is 0.685. The second-order valence-electron chi connectivity index (χ2n) is 2.52. The lowest BCUT2D eigenvalue weighted by atomic mass is 9.84. The van der Waals surface area contributed by atoms with Crippen molar-refractivity contribution >= 4 is 5.78 Å². The van der Waals surface area contributed by atoms with Gasteiger partial charge >= 0.3 is 0 Å². The number of carbonyl (C=O) groups is 1. The van der Waals surface area contributed by atoms with Gasteiger partial charge in [-0.2, -0.15) is 5.26 Å². The summed E-state index contributed by atoms with van der Waals surface area (Å²) in [5.74, 6) is -0.458. The van der Waals surface area contributed by atoms with Gasteiger partial charge in [0.1, 0.15) is 12.0 Å². The van der Waals surface area contributed by atoms with E-state index in [1.807, 2.05) is 6.07 Å². The number of ketones is 1. The van der Waals surface area contributed by atoms with Crippen LogP contribution in [0.5, 0.6) is 0 Å². The fraction of sp³-hybridized carbons (Fsp3) is 0.500. The van der Waals surface area contributed by atoms with Gasteiger partial charge in [0.15, 0.2) is 5.78 Å². The molecule has 0 saturated heterocycles. The van der Waals surface area contributed by atoms with Crippen LogP contribution in [0, 0.1) is 16.7 Å². The molecule has 0 rings (SSSR count). The topological polar surface area (TPSA) is 61.1 Å². The molecular weight excluding hydrogens is 142 g/mol. The van der Waals surface area contributed by atoms with Crippen LogP contribution >= 0.6 is 0 Å². The highest BCUT2D eigenvalue weighted by molar-refractivity contribution is 5.88. The third-order valence-electron chi connectivity index (χ3n) is 1.56. The van der Waals surface area contributed by atoms with Crippen LogP contribution in [0.2, 0.25) is 0 Å². The normalized spacial score (nSPS) is 14.6.